The number of hydrogen-bond donors (Lipinski definition) is 1. The summed E-state index contributed by atoms with van der Waals surface area (Å²) < 4.78 is 0. The van der Waals surface area contributed by atoms with Crippen molar-refractivity contribution >= 4 is 11.8 Å². The van der Waals surface area contributed by atoms with Crippen molar-refractivity contribution in [2.45, 2.75) is 32.7 Å². The Labute approximate surface area is 108 Å². The molecule has 0 aliphatic carbocycles. The number of hydrogen-bond acceptors (Lipinski definition) is 2. The molecule has 0 saturated carbocycles. The van der Waals surface area contributed by atoms with Gasteiger partial charge < -0.3 is 10.6 Å². The zero-order valence-corrected chi connectivity index (χ0v) is 10.8. The topological polar surface area (TPSA) is 63.4 Å². The fourth-order valence-electron chi connectivity index (χ4n) is 1.71. The van der Waals surface area contributed by atoms with E-state index >= 15 is 0 Å². The maximum Gasteiger partial charge on any atom is 0.237 e. The molecule has 18 heavy (non-hydrogen) atoms. The van der Waals surface area contributed by atoms with E-state index < -0.39 is 5.91 Å². The van der Waals surface area contributed by atoms with Gasteiger partial charge in [0.2, 0.25) is 11.8 Å². The van der Waals surface area contributed by atoms with Crippen molar-refractivity contribution in [1.29, 1.82) is 0 Å². The van der Waals surface area contributed by atoms with Gasteiger partial charge in [0.1, 0.15) is 0 Å². The predicted octanol–water partition coefficient (Wildman–Crippen LogP) is 1.69. The molecule has 4 nitrogen and oxygen atoms in total. The van der Waals surface area contributed by atoms with Gasteiger partial charge in [0.25, 0.3) is 0 Å². The molecule has 2 amide bonds. The van der Waals surface area contributed by atoms with Gasteiger partial charge in [-0.1, -0.05) is 43.7 Å². The quantitative estimate of drug-likeness (QED) is 0.798. The third kappa shape index (κ3) is 4.99. The van der Waals surface area contributed by atoms with Gasteiger partial charge in [-0.05, 0) is 12.0 Å². The van der Waals surface area contributed by atoms with Crippen LogP contribution in [0.4, 0.5) is 0 Å². The molecule has 98 valence electrons. The molecule has 0 bridgehead atoms. The standard InChI is InChI=1S/C14H20N2O2/c1-2-3-9-14(18)16(11-13(15)17)10-12-7-5-4-6-8-12/h4-8H,2-3,9-11H2,1H3,(H2,15,17). The van der Waals surface area contributed by atoms with E-state index in [0.29, 0.717) is 13.0 Å². The lowest BCUT2D eigenvalue weighted by Crippen LogP contribution is -2.37. The number of unbranched alkanes of at least 4 members (excludes halogenated alkanes) is 1. The molecule has 2 N–H and O–H groups in total. The number of nitrogens with zero attached hydrogens (tertiary/aromatic N) is 1. The van der Waals surface area contributed by atoms with Crippen LogP contribution < -0.4 is 5.73 Å². The number of carbonyl (C=O) groups is 2. The van der Waals surface area contributed by atoms with Crippen LogP contribution in [-0.2, 0) is 16.1 Å². The Bertz CT molecular complexity index is 390. The van der Waals surface area contributed by atoms with Crippen LogP contribution in [0.3, 0.4) is 0 Å². The Morgan fingerprint density at radius 1 is 1.22 bits per heavy atom. The summed E-state index contributed by atoms with van der Waals surface area (Å²) in [5.74, 6) is -0.490. The molecule has 1 aromatic rings. The molecule has 4 heteroatoms. The van der Waals surface area contributed by atoms with Gasteiger partial charge in [-0.15, -0.1) is 0 Å². The molecule has 0 atom stereocenters. The van der Waals surface area contributed by atoms with E-state index in [1.165, 1.54) is 4.90 Å². The second-order valence-corrected chi connectivity index (χ2v) is 4.31. The minimum atomic E-state index is -0.476. The highest BCUT2D eigenvalue weighted by Crippen LogP contribution is 2.07. The van der Waals surface area contributed by atoms with Gasteiger partial charge in [-0.3, -0.25) is 9.59 Å². The summed E-state index contributed by atoms with van der Waals surface area (Å²) in [5, 5.41) is 0. The number of amides is 2. The zero-order valence-electron chi connectivity index (χ0n) is 10.8. The van der Waals surface area contributed by atoms with Gasteiger partial charge in [-0.25, -0.2) is 0 Å². The lowest BCUT2D eigenvalue weighted by atomic mass is 10.2. The van der Waals surface area contributed by atoms with Crippen molar-refractivity contribution < 1.29 is 9.59 Å². The first-order chi connectivity index (χ1) is 8.63. The molecule has 0 aliphatic rings. The molecule has 1 rings (SSSR count). The van der Waals surface area contributed by atoms with Crippen molar-refractivity contribution in [3.05, 3.63) is 35.9 Å². The smallest absolute Gasteiger partial charge is 0.237 e. The lowest BCUT2D eigenvalue weighted by molar-refractivity contribution is -0.135. The first-order valence-electron chi connectivity index (χ1n) is 6.23. The van der Waals surface area contributed by atoms with Gasteiger partial charge in [0, 0.05) is 13.0 Å². The second-order valence-electron chi connectivity index (χ2n) is 4.31. The van der Waals surface area contributed by atoms with Crippen LogP contribution in [0.1, 0.15) is 31.7 Å². The third-order valence-electron chi connectivity index (χ3n) is 2.66. The Morgan fingerprint density at radius 2 is 1.89 bits per heavy atom. The molecule has 0 spiro atoms. The maximum atomic E-state index is 12.0. The summed E-state index contributed by atoms with van der Waals surface area (Å²) in [6.07, 6.45) is 2.26. The van der Waals surface area contributed by atoms with Crippen molar-refractivity contribution in [3.63, 3.8) is 0 Å². The molecule has 0 aromatic heterocycles. The molecule has 1 aromatic carbocycles. The largest absolute Gasteiger partial charge is 0.368 e. The first-order valence-corrected chi connectivity index (χ1v) is 6.23. The molecule has 0 radical (unpaired) electrons. The van der Waals surface area contributed by atoms with Crippen molar-refractivity contribution in [1.82, 2.24) is 4.90 Å². The van der Waals surface area contributed by atoms with Crippen molar-refractivity contribution in [2.24, 2.45) is 5.73 Å². The van der Waals surface area contributed by atoms with E-state index in [-0.39, 0.29) is 12.5 Å². The van der Waals surface area contributed by atoms with Crippen LogP contribution in [0.25, 0.3) is 0 Å². The van der Waals surface area contributed by atoms with Crippen LogP contribution in [0, 0.1) is 0 Å². The fourth-order valence-corrected chi connectivity index (χ4v) is 1.71. The Balaban J connectivity index is 2.66. The van der Waals surface area contributed by atoms with Gasteiger partial charge in [0.05, 0.1) is 6.54 Å². The summed E-state index contributed by atoms with van der Waals surface area (Å²) >= 11 is 0. The molecule has 0 aliphatic heterocycles. The SMILES string of the molecule is CCCCC(=O)N(CC(N)=O)Cc1ccccc1. The first kappa shape index (κ1) is 14.2. The number of benzene rings is 1. The van der Waals surface area contributed by atoms with Crippen LogP contribution in [0.15, 0.2) is 30.3 Å². The van der Waals surface area contributed by atoms with Crippen molar-refractivity contribution in [3.8, 4) is 0 Å². The summed E-state index contributed by atoms with van der Waals surface area (Å²) in [4.78, 5) is 24.5. The number of nitrogens with two attached hydrogens (primary N) is 1. The highest BCUT2D eigenvalue weighted by atomic mass is 16.2. The van der Waals surface area contributed by atoms with E-state index in [1.807, 2.05) is 37.3 Å². The van der Waals surface area contributed by atoms with Crippen LogP contribution >= 0.6 is 0 Å². The third-order valence-corrected chi connectivity index (χ3v) is 2.66. The average molecular weight is 248 g/mol. The molecule has 0 saturated heterocycles. The van der Waals surface area contributed by atoms with Gasteiger partial charge in [-0.2, -0.15) is 0 Å². The van der Waals surface area contributed by atoms with Crippen LogP contribution in [-0.4, -0.2) is 23.3 Å². The Kier molecular flexibility index (Phi) is 5.91. The van der Waals surface area contributed by atoms with Crippen LogP contribution in [0.2, 0.25) is 0 Å². The Morgan fingerprint density at radius 3 is 2.44 bits per heavy atom. The van der Waals surface area contributed by atoms with E-state index in [2.05, 4.69) is 0 Å². The van der Waals surface area contributed by atoms with E-state index in [0.717, 1.165) is 18.4 Å². The summed E-state index contributed by atoms with van der Waals surface area (Å²) in [6, 6.07) is 9.60. The molecular weight excluding hydrogens is 228 g/mol. The summed E-state index contributed by atoms with van der Waals surface area (Å²) in [7, 11) is 0. The average Bonchev–Trinajstić information content (AvgIpc) is 2.36. The summed E-state index contributed by atoms with van der Waals surface area (Å²) in [5.41, 5.74) is 6.18. The lowest BCUT2D eigenvalue weighted by Gasteiger charge is -2.21. The molecule has 0 heterocycles. The van der Waals surface area contributed by atoms with Gasteiger partial charge >= 0.3 is 0 Å². The van der Waals surface area contributed by atoms with Crippen LogP contribution in [0.5, 0.6) is 0 Å². The van der Waals surface area contributed by atoms with E-state index in [1.54, 1.807) is 0 Å². The highest BCUT2D eigenvalue weighted by Gasteiger charge is 2.15. The highest BCUT2D eigenvalue weighted by molar-refractivity contribution is 5.83. The van der Waals surface area contributed by atoms with E-state index in [4.69, 9.17) is 5.73 Å². The molecule has 0 fully saturated rings. The molecule has 0 unspecified atom stereocenters. The second kappa shape index (κ2) is 7.48. The molecular formula is C14H20N2O2. The Hall–Kier alpha value is -1.84. The monoisotopic (exact) mass is 248 g/mol. The fraction of sp³-hybridized carbons (Fsp3) is 0.429. The number of rotatable bonds is 7. The summed E-state index contributed by atoms with van der Waals surface area (Å²) in [6.45, 7) is 2.45. The normalized spacial score (nSPS) is 10.1. The minimum absolute atomic E-state index is 0.0143. The number of primary amides is 1. The minimum Gasteiger partial charge on any atom is -0.368 e. The predicted molar refractivity (Wildman–Crippen MR) is 70.6 cm³/mol. The van der Waals surface area contributed by atoms with Crippen molar-refractivity contribution in [2.75, 3.05) is 6.54 Å². The van der Waals surface area contributed by atoms with Gasteiger partial charge in [0.15, 0.2) is 0 Å². The maximum absolute atomic E-state index is 12.0. The van der Waals surface area contributed by atoms with E-state index in [9.17, 15) is 9.59 Å². The number of carbonyl (C=O) groups excluding carboxylic acids is 2. The zero-order chi connectivity index (χ0) is 13.4.